The summed E-state index contributed by atoms with van der Waals surface area (Å²) in [5.41, 5.74) is -4.24. The van der Waals surface area contributed by atoms with Gasteiger partial charge in [0.15, 0.2) is 0 Å². The monoisotopic (exact) mass is 533 g/mol. The predicted octanol–water partition coefficient (Wildman–Crippen LogP) is -0.940. The first-order valence-electron chi connectivity index (χ1n) is 6.64. The molecular formula is C12H18N2O8PW-. The van der Waals surface area contributed by atoms with Gasteiger partial charge in [-0.2, -0.15) is 6.92 Å². The number of aliphatic hydroxyl groups is 1. The number of aliphatic hydroxyl groups excluding tert-OH is 1. The Morgan fingerprint density at radius 2 is 2.04 bits per heavy atom. The first-order chi connectivity index (χ1) is 10.4. The van der Waals surface area contributed by atoms with Crippen molar-refractivity contribution in [2.75, 3.05) is 6.61 Å². The molecule has 0 spiro atoms. The van der Waals surface area contributed by atoms with Gasteiger partial charge < -0.3 is 19.6 Å². The van der Waals surface area contributed by atoms with E-state index in [9.17, 15) is 19.3 Å². The van der Waals surface area contributed by atoms with E-state index in [-0.39, 0.29) is 21.1 Å². The smallest absolute Gasteiger partial charge is 0.422 e. The van der Waals surface area contributed by atoms with Gasteiger partial charge in [0.05, 0.1) is 12.2 Å². The van der Waals surface area contributed by atoms with Crippen molar-refractivity contribution in [3.8, 4) is 0 Å². The average Bonchev–Trinajstić information content (AvgIpc) is 2.58. The molecule has 0 aromatic carbocycles. The SMILES string of the molecule is C[C-]1C(O)C(C)(COP(=O)(O)O)OC1(C)n1ccc(=O)[nH]c1=O.[W]. The van der Waals surface area contributed by atoms with Crippen LogP contribution in [0.25, 0.3) is 0 Å². The van der Waals surface area contributed by atoms with Gasteiger partial charge in [-0.3, -0.25) is 18.9 Å². The minimum Gasteiger partial charge on any atom is -0.422 e. The average molecular weight is 533 g/mol. The number of H-pyrrole nitrogens is 1. The van der Waals surface area contributed by atoms with Crippen LogP contribution < -0.4 is 11.2 Å². The molecule has 24 heavy (non-hydrogen) atoms. The van der Waals surface area contributed by atoms with Gasteiger partial charge in [0.1, 0.15) is 0 Å². The number of ether oxygens (including phenoxy) is 1. The summed E-state index contributed by atoms with van der Waals surface area (Å²) in [6, 6.07) is 1.12. The zero-order valence-electron chi connectivity index (χ0n) is 13.1. The second kappa shape index (κ2) is 6.96. The number of aromatic nitrogens is 2. The summed E-state index contributed by atoms with van der Waals surface area (Å²) in [7, 11) is -4.75. The maximum absolute atomic E-state index is 12.0. The zero-order valence-corrected chi connectivity index (χ0v) is 17.0. The number of rotatable bonds is 4. The van der Waals surface area contributed by atoms with E-state index in [4.69, 9.17) is 14.5 Å². The molecule has 1 aromatic rings. The van der Waals surface area contributed by atoms with E-state index in [2.05, 4.69) is 9.51 Å². The molecule has 1 saturated heterocycles. The van der Waals surface area contributed by atoms with Crippen molar-refractivity contribution in [3.63, 3.8) is 0 Å². The quantitative estimate of drug-likeness (QED) is 0.286. The van der Waals surface area contributed by atoms with Gasteiger partial charge in [0, 0.05) is 39.1 Å². The Kier molecular flexibility index (Phi) is 6.21. The molecule has 2 rings (SSSR count). The molecule has 10 nitrogen and oxygen atoms in total. The van der Waals surface area contributed by atoms with Gasteiger partial charge in [-0.25, -0.2) is 15.3 Å². The Bertz CT molecular complexity index is 760. The summed E-state index contributed by atoms with van der Waals surface area (Å²) >= 11 is 0. The first-order valence-corrected chi connectivity index (χ1v) is 8.17. The van der Waals surface area contributed by atoms with Gasteiger partial charge in [0.25, 0.3) is 5.56 Å². The van der Waals surface area contributed by atoms with E-state index in [0.29, 0.717) is 5.92 Å². The van der Waals surface area contributed by atoms with E-state index in [1.54, 1.807) is 0 Å². The first kappa shape index (κ1) is 21.4. The van der Waals surface area contributed by atoms with Crippen LogP contribution in [-0.2, 0) is 40.6 Å². The van der Waals surface area contributed by atoms with Crippen molar-refractivity contribution in [1.82, 2.24) is 9.55 Å². The maximum Gasteiger partial charge on any atom is 0.469 e. The Labute approximate surface area is 151 Å². The van der Waals surface area contributed by atoms with E-state index >= 15 is 0 Å². The normalized spacial score (nSPS) is 31.0. The third-order valence-electron chi connectivity index (χ3n) is 3.96. The van der Waals surface area contributed by atoms with Crippen molar-refractivity contribution in [2.24, 2.45) is 0 Å². The Hall–Kier alpha value is -0.602. The molecule has 1 aliphatic rings. The summed E-state index contributed by atoms with van der Waals surface area (Å²) in [6.07, 6.45) is -0.0367. The fraction of sp³-hybridized carbons (Fsp3) is 0.583. The molecule has 3 atom stereocenters. The van der Waals surface area contributed by atoms with Crippen LogP contribution in [0.1, 0.15) is 20.8 Å². The van der Waals surface area contributed by atoms with Crippen LogP contribution in [-0.4, -0.2) is 42.8 Å². The van der Waals surface area contributed by atoms with E-state index in [1.165, 1.54) is 27.0 Å². The molecular weight excluding hydrogens is 515 g/mol. The van der Waals surface area contributed by atoms with Crippen LogP contribution in [0.4, 0.5) is 0 Å². The van der Waals surface area contributed by atoms with Crippen LogP contribution >= 0.6 is 7.82 Å². The number of nitrogens with zero attached hydrogens (tertiary/aromatic N) is 1. The van der Waals surface area contributed by atoms with Crippen LogP contribution in [0, 0.1) is 5.92 Å². The zero-order chi connectivity index (χ0) is 17.6. The molecule has 1 aliphatic heterocycles. The van der Waals surface area contributed by atoms with E-state index in [0.717, 1.165) is 10.6 Å². The van der Waals surface area contributed by atoms with Crippen LogP contribution in [0.5, 0.6) is 0 Å². The third kappa shape index (κ3) is 3.96. The molecule has 0 bridgehead atoms. The Morgan fingerprint density at radius 1 is 1.46 bits per heavy atom. The molecule has 1 fully saturated rings. The Morgan fingerprint density at radius 3 is 2.54 bits per heavy atom. The molecule has 136 valence electrons. The second-order valence-electron chi connectivity index (χ2n) is 5.73. The van der Waals surface area contributed by atoms with Gasteiger partial charge in [-0.05, 0) is 20.0 Å². The molecule has 0 saturated carbocycles. The number of phosphoric acid groups is 1. The molecule has 2 heterocycles. The van der Waals surface area contributed by atoms with Crippen molar-refractivity contribution in [1.29, 1.82) is 0 Å². The maximum atomic E-state index is 12.0. The van der Waals surface area contributed by atoms with Crippen LogP contribution in [0.15, 0.2) is 21.9 Å². The molecule has 0 aliphatic carbocycles. The summed E-state index contributed by atoms with van der Waals surface area (Å²) < 4.78 is 22.1. The van der Waals surface area contributed by atoms with Crippen molar-refractivity contribution in [2.45, 2.75) is 38.2 Å². The number of hydrogen-bond donors (Lipinski definition) is 4. The van der Waals surface area contributed by atoms with Gasteiger partial charge in [-0.1, -0.05) is 0 Å². The molecule has 0 radical (unpaired) electrons. The summed E-state index contributed by atoms with van der Waals surface area (Å²) in [6.45, 7) is 3.83. The number of hydrogen-bond acceptors (Lipinski definition) is 6. The molecule has 4 N–H and O–H groups in total. The topological polar surface area (TPSA) is 151 Å². The predicted molar refractivity (Wildman–Crippen MR) is 77.4 cm³/mol. The minimum absolute atomic E-state index is 0. The van der Waals surface area contributed by atoms with E-state index in [1.807, 2.05) is 0 Å². The van der Waals surface area contributed by atoms with Crippen LogP contribution in [0.3, 0.4) is 0 Å². The van der Waals surface area contributed by atoms with Gasteiger partial charge >= 0.3 is 13.5 Å². The Balaban J connectivity index is 0.00000288. The van der Waals surface area contributed by atoms with Crippen molar-refractivity contribution >= 4 is 7.82 Å². The van der Waals surface area contributed by atoms with Gasteiger partial charge in [0.2, 0.25) is 0 Å². The number of phosphoric ester groups is 1. The van der Waals surface area contributed by atoms with Crippen molar-refractivity contribution in [3.05, 3.63) is 39.0 Å². The molecule has 0 amide bonds. The number of nitrogens with one attached hydrogen (secondary N) is 1. The fourth-order valence-corrected chi connectivity index (χ4v) is 3.04. The number of aromatic amines is 1. The van der Waals surface area contributed by atoms with Crippen molar-refractivity contribution < 1.29 is 49.8 Å². The second-order valence-corrected chi connectivity index (χ2v) is 6.97. The standard InChI is InChI=1S/C12H18N2O8P.W/c1-7-9(16)11(2,6-21-23(18,19)20)22-12(7,3)14-5-4-8(15)13-10(14)17;/h4-5,9,16H,6H2,1-3H3,(H,13,15,17)(H2,18,19,20);/q-1;. The van der Waals surface area contributed by atoms with Gasteiger partial charge in [-0.15, -0.1) is 0 Å². The van der Waals surface area contributed by atoms with Crippen LogP contribution in [0.2, 0.25) is 0 Å². The summed E-state index contributed by atoms with van der Waals surface area (Å²) in [5.74, 6) is 0.323. The largest absolute Gasteiger partial charge is 0.469 e. The minimum atomic E-state index is -4.75. The molecule has 12 heteroatoms. The third-order valence-corrected chi connectivity index (χ3v) is 4.42. The van der Waals surface area contributed by atoms with E-state index < -0.39 is 43.1 Å². The fourth-order valence-electron chi connectivity index (χ4n) is 2.62. The molecule has 1 aromatic heterocycles. The summed E-state index contributed by atoms with van der Waals surface area (Å²) in [4.78, 5) is 42.9. The molecule has 3 unspecified atom stereocenters. The summed E-state index contributed by atoms with van der Waals surface area (Å²) in [5, 5.41) is 10.4.